The summed E-state index contributed by atoms with van der Waals surface area (Å²) in [5.74, 6) is 0.00389. The minimum atomic E-state index is 0.00389. The van der Waals surface area contributed by atoms with Crippen molar-refractivity contribution in [3.63, 3.8) is 0 Å². The Morgan fingerprint density at radius 1 is 1.28 bits per heavy atom. The molecule has 1 atom stereocenters. The van der Waals surface area contributed by atoms with Crippen LogP contribution in [-0.4, -0.2) is 34.4 Å². The molecule has 2 aromatic heterocycles. The lowest BCUT2D eigenvalue weighted by molar-refractivity contribution is 0.0788. The van der Waals surface area contributed by atoms with Gasteiger partial charge in [0.15, 0.2) is 0 Å². The van der Waals surface area contributed by atoms with Gasteiger partial charge in [0, 0.05) is 18.5 Å². The third-order valence-corrected chi connectivity index (χ3v) is 5.49. The van der Waals surface area contributed by atoms with Crippen LogP contribution in [0.4, 0.5) is 0 Å². The summed E-state index contributed by atoms with van der Waals surface area (Å²) in [4.78, 5) is 25.2. The number of carbonyl (C=O) groups excluding carboxylic acids is 1. The minimum Gasteiger partial charge on any atom is -0.373 e. The molecule has 0 radical (unpaired) electrons. The van der Waals surface area contributed by atoms with Crippen LogP contribution >= 0.6 is 11.3 Å². The number of carbonyl (C=O) groups is 1. The van der Waals surface area contributed by atoms with E-state index < -0.39 is 0 Å². The highest BCUT2D eigenvalue weighted by Gasteiger charge is 2.22. The summed E-state index contributed by atoms with van der Waals surface area (Å²) >= 11 is 1.53. The molecule has 128 valence electrons. The van der Waals surface area contributed by atoms with Gasteiger partial charge in [-0.05, 0) is 37.1 Å². The lowest BCUT2D eigenvalue weighted by Crippen LogP contribution is -2.26. The summed E-state index contributed by atoms with van der Waals surface area (Å²) in [6, 6.07) is 11.6. The van der Waals surface area contributed by atoms with Crippen LogP contribution in [0, 0.1) is 0 Å². The number of benzene rings is 1. The normalized spacial score (nSPS) is 17.1. The molecule has 3 aromatic rings. The first-order valence-corrected chi connectivity index (χ1v) is 9.20. The van der Waals surface area contributed by atoms with Crippen LogP contribution in [0.25, 0.3) is 11.0 Å². The van der Waals surface area contributed by atoms with Crippen molar-refractivity contribution in [2.75, 3.05) is 13.7 Å². The molecular weight excluding hydrogens is 334 g/mol. The van der Waals surface area contributed by atoms with Crippen molar-refractivity contribution in [1.82, 2.24) is 14.9 Å². The molecular formula is C19H19N3O2S. The zero-order valence-electron chi connectivity index (χ0n) is 14.0. The second-order valence-corrected chi connectivity index (χ2v) is 7.33. The number of ether oxygens (including phenoxy) is 1. The maximum absolute atomic E-state index is 12.7. The average Bonchev–Trinajstić information content (AvgIpc) is 3.32. The number of amides is 1. The first-order chi connectivity index (χ1) is 12.2. The van der Waals surface area contributed by atoms with E-state index in [2.05, 4.69) is 9.97 Å². The molecule has 5 nitrogen and oxygen atoms in total. The van der Waals surface area contributed by atoms with Gasteiger partial charge in [-0.1, -0.05) is 12.1 Å². The molecule has 1 aliphatic rings. The molecule has 1 saturated heterocycles. The Balaban J connectivity index is 1.47. The van der Waals surface area contributed by atoms with Crippen molar-refractivity contribution in [1.29, 1.82) is 0 Å². The Morgan fingerprint density at radius 2 is 2.12 bits per heavy atom. The van der Waals surface area contributed by atoms with Gasteiger partial charge in [-0.3, -0.25) is 9.78 Å². The number of nitrogens with zero attached hydrogens (tertiary/aromatic N) is 3. The summed E-state index contributed by atoms with van der Waals surface area (Å²) in [5, 5.41) is 0. The molecule has 25 heavy (non-hydrogen) atoms. The molecule has 0 saturated carbocycles. The van der Waals surface area contributed by atoms with Crippen molar-refractivity contribution in [2.24, 2.45) is 0 Å². The van der Waals surface area contributed by atoms with Crippen molar-refractivity contribution >= 4 is 28.3 Å². The topological polar surface area (TPSA) is 55.3 Å². The Labute approximate surface area is 150 Å². The predicted octanol–water partition coefficient (Wildman–Crippen LogP) is 3.82. The third-order valence-electron chi connectivity index (χ3n) is 4.33. The molecule has 1 amide bonds. The molecule has 1 aliphatic heterocycles. The van der Waals surface area contributed by atoms with E-state index in [9.17, 15) is 4.79 Å². The molecule has 0 unspecified atom stereocenters. The van der Waals surface area contributed by atoms with E-state index >= 15 is 0 Å². The van der Waals surface area contributed by atoms with E-state index in [4.69, 9.17) is 4.74 Å². The highest BCUT2D eigenvalue weighted by atomic mass is 32.1. The summed E-state index contributed by atoms with van der Waals surface area (Å²) in [5.41, 5.74) is 2.49. The number of rotatable bonds is 4. The highest BCUT2D eigenvalue weighted by molar-refractivity contribution is 7.14. The van der Waals surface area contributed by atoms with Crippen LogP contribution in [0.3, 0.4) is 0 Å². The largest absolute Gasteiger partial charge is 0.373 e. The van der Waals surface area contributed by atoms with Crippen LogP contribution in [0.5, 0.6) is 0 Å². The van der Waals surface area contributed by atoms with E-state index in [1.165, 1.54) is 11.3 Å². The Hall–Kier alpha value is -2.31. The summed E-state index contributed by atoms with van der Waals surface area (Å²) in [6.45, 7) is 1.25. The summed E-state index contributed by atoms with van der Waals surface area (Å²) in [6.07, 6.45) is 4.02. The Bertz CT molecular complexity index is 902. The third kappa shape index (κ3) is 3.41. The van der Waals surface area contributed by atoms with Gasteiger partial charge in [-0.2, -0.15) is 0 Å². The van der Waals surface area contributed by atoms with Gasteiger partial charge in [0.2, 0.25) is 0 Å². The van der Waals surface area contributed by atoms with Crippen LogP contribution in [0.15, 0.2) is 42.6 Å². The number of hydrogen-bond acceptors (Lipinski definition) is 5. The van der Waals surface area contributed by atoms with E-state index in [0.29, 0.717) is 6.54 Å². The number of fused-ring (bicyclic) bond motifs is 1. The monoisotopic (exact) mass is 353 g/mol. The first kappa shape index (κ1) is 16.2. The summed E-state index contributed by atoms with van der Waals surface area (Å²) < 4.78 is 5.70. The number of thiophene rings is 1. The quantitative estimate of drug-likeness (QED) is 0.716. The fraction of sp³-hybridized carbons (Fsp3) is 0.316. The molecule has 0 bridgehead atoms. The van der Waals surface area contributed by atoms with Crippen molar-refractivity contribution in [3.8, 4) is 0 Å². The molecule has 6 heteroatoms. The van der Waals surface area contributed by atoms with Crippen LogP contribution in [0.1, 0.15) is 39.2 Å². The molecule has 0 spiro atoms. The standard InChI is InChI=1S/C19H19N3O2S/c1-22(12-13-11-20-14-5-2-3-6-15(14)21-13)19(23)18-9-8-17(25-18)16-7-4-10-24-16/h2-3,5-6,8-9,11,16H,4,7,10,12H2,1H3/t16-/m1/s1. The van der Waals surface area contributed by atoms with Gasteiger partial charge in [0.1, 0.15) is 0 Å². The SMILES string of the molecule is CN(Cc1cnc2ccccc2n1)C(=O)c1ccc([C@H]2CCCO2)s1. The summed E-state index contributed by atoms with van der Waals surface area (Å²) in [7, 11) is 1.80. The van der Waals surface area contributed by atoms with Crippen molar-refractivity contribution in [3.05, 3.63) is 58.0 Å². The van der Waals surface area contributed by atoms with Gasteiger partial charge < -0.3 is 9.64 Å². The molecule has 1 fully saturated rings. The molecule has 0 N–H and O–H groups in total. The fourth-order valence-corrected chi connectivity index (χ4v) is 4.10. The fourth-order valence-electron chi connectivity index (χ4n) is 3.02. The van der Waals surface area contributed by atoms with E-state index in [1.807, 2.05) is 36.4 Å². The molecule has 4 rings (SSSR count). The van der Waals surface area contributed by atoms with Gasteiger partial charge in [-0.25, -0.2) is 4.98 Å². The maximum atomic E-state index is 12.7. The molecule has 0 aliphatic carbocycles. The molecule has 3 heterocycles. The van der Waals surface area contributed by atoms with E-state index in [1.54, 1.807) is 18.1 Å². The van der Waals surface area contributed by atoms with Crippen molar-refractivity contribution in [2.45, 2.75) is 25.5 Å². The Kier molecular flexibility index (Phi) is 4.46. The van der Waals surface area contributed by atoms with Crippen LogP contribution in [0.2, 0.25) is 0 Å². The van der Waals surface area contributed by atoms with Crippen LogP contribution < -0.4 is 0 Å². The minimum absolute atomic E-state index is 0.00389. The van der Waals surface area contributed by atoms with E-state index in [-0.39, 0.29) is 12.0 Å². The second kappa shape index (κ2) is 6.90. The van der Waals surface area contributed by atoms with Crippen molar-refractivity contribution < 1.29 is 9.53 Å². The van der Waals surface area contributed by atoms with Gasteiger partial charge in [0.25, 0.3) is 5.91 Å². The molecule has 1 aromatic carbocycles. The predicted molar refractivity (Wildman–Crippen MR) is 97.6 cm³/mol. The smallest absolute Gasteiger partial charge is 0.264 e. The van der Waals surface area contributed by atoms with E-state index in [0.717, 1.165) is 45.9 Å². The first-order valence-electron chi connectivity index (χ1n) is 8.38. The van der Waals surface area contributed by atoms with Gasteiger partial charge >= 0.3 is 0 Å². The lowest BCUT2D eigenvalue weighted by Gasteiger charge is -2.16. The zero-order chi connectivity index (χ0) is 17.2. The average molecular weight is 353 g/mol. The highest BCUT2D eigenvalue weighted by Crippen LogP contribution is 2.33. The van der Waals surface area contributed by atoms with Gasteiger partial charge in [-0.15, -0.1) is 11.3 Å². The Morgan fingerprint density at radius 3 is 2.92 bits per heavy atom. The maximum Gasteiger partial charge on any atom is 0.264 e. The van der Waals surface area contributed by atoms with Gasteiger partial charge in [0.05, 0.1) is 40.5 Å². The number of aromatic nitrogens is 2. The number of para-hydroxylation sites is 2. The zero-order valence-corrected chi connectivity index (χ0v) is 14.8. The lowest BCUT2D eigenvalue weighted by atomic mass is 10.2. The van der Waals surface area contributed by atoms with Crippen LogP contribution in [-0.2, 0) is 11.3 Å². The second-order valence-electron chi connectivity index (χ2n) is 6.21. The number of hydrogen-bond donors (Lipinski definition) is 0.